The Morgan fingerprint density at radius 1 is 0.242 bits per heavy atom. The number of hydrogen-bond donors (Lipinski definition) is 0. The first-order valence-corrected chi connectivity index (χ1v) is 22.6. The van der Waals surface area contributed by atoms with Crippen molar-refractivity contribution in [3.63, 3.8) is 0 Å². The summed E-state index contributed by atoms with van der Waals surface area (Å²) in [6.07, 6.45) is 0. The number of nitrogens with zero attached hydrogens (tertiary/aromatic N) is 1. The number of rotatable bonds is 9. The molecular formula is C64H43NO. The molecule has 0 amide bonds. The zero-order valence-corrected chi connectivity index (χ0v) is 36.2. The van der Waals surface area contributed by atoms with Crippen LogP contribution >= 0.6 is 0 Å². The molecule has 0 spiro atoms. The van der Waals surface area contributed by atoms with Crippen molar-refractivity contribution in [2.45, 2.75) is 0 Å². The Balaban J connectivity index is 0.863. The van der Waals surface area contributed by atoms with E-state index in [2.05, 4.69) is 254 Å². The molecule has 2 heteroatoms. The summed E-state index contributed by atoms with van der Waals surface area (Å²) in [6.45, 7) is 0. The Labute approximate surface area is 384 Å². The van der Waals surface area contributed by atoms with Gasteiger partial charge >= 0.3 is 0 Å². The summed E-state index contributed by atoms with van der Waals surface area (Å²) in [6, 6.07) is 93.8. The van der Waals surface area contributed by atoms with E-state index in [-0.39, 0.29) is 0 Å². The monoisotopic (exact) mass is 841 g/mol. The average molecular weight is 842 g/mol. The van der Waals surface area contributed by atoms with Gasteiger partial charge in [-0.25, -0.2) is 0 Å². The van der Waals surface area contributed by atoms with Gasteiger partial charge < -0.3 is 9.32 Å². The summed E-state index contributed by atoms with van der Waals surface area (Å²) >= 11 is 0. The van der Waals surface area contributed by atoms with Crippen LogP contribution in [-0.4, -0.2) is 0 Å². The summed E-state index contributed by atoms with van der Waals surface area (Å²) in [5, 5.41) is 4.78. The van der Waals surface area contributed by atoms with E-state index in [1.165, 1.54) is 66.4 Å². The molecule has 0 aliphatic carbocycles. The Kier molecular flexibility index (Phi) is 9.89. The van der Waals surface area contributed by atoms with Gasteiger partial charge in [0.25, 0.3) is 0 Å². The number of anilines is 3. The van der Waals surface area contributed by atoms with Gasteiger partial charge in [-0.3, -0.25) is 0 Å². The largest absolute Gasteiger partial charge is 0.456 e. The average Bonchev–Trinajstić information content (AvgIpc) is 3.79. The van der Waals surface area contributed by atoms with Gasteiger partial charge in [0, 0.05) is 27.8 Å². The van der Waals surface area contributed by atoms with Gasteiger partial charge in [-0.2, -0.15) is 0 Å². The fourth-order valence-corrected chi connectivity index (χ4v) is 9.47. The number of para-hydroxylation sites is 1. The smallest absolute Gasteiger partial charge is 0.136 e. The molecule has 12 aromatic rings. The number of benzene rings is 11. The molecule has 66 heavy (non-hydrogen) atoms. The van der Waals surface area contributed by atoms with E-state index in [1.807, 2.05) is 12.1 Å². The Morgan fingerprint density at radius 2 is 0.636 bits per heavy atom. The van der Waals surface area contributed by atoms with Crippen LogP contribution in [0.1, 0.15) is 0 Å². The molecular weight excluding hydrogens is 799 g/mol. The fourth-order valence-electron chi connectivity index (χ4n) is 9.47. The molecule has 11 aromatic carbocycles. The molecule has 0 fully saturated rings. The van der Waals surface area contributed by atoms with E-state index >= 15 is 0 Å². The van der Waals surface area contributed by atoms with Gasteiger partial charge in [0.2, 0.25) is 0 Å². The van der Waals surface area contributed by atoms with Crippen LogP contribution in [0.15, 0.2) is 265 Å². The van der Waals surface area contributed by atoms with Crippen LogP contribution < -0.4 is 4.90 Å². The van der Waals surface area contributed by atoms with Crippen LogP contribution in [0.2, 0.25) is 0 Å². The van der Waals surface area contributed by atoms with Crippen LogP contribution in [0.5, 0.6) is 0 Å². The third-order valence-corrected chi connectivity index (χ3v) is 12.9. The summed E-state index contributed by atoms with van der Waals surface area (Å²) in [4.78, 5) is 2.34. The second-order valence-electron chi connectivity index (χ2n) is 16.9. The lowest BCUT2D eigenvalue weighted by atomic mass is 9.96. The van der Waals surface area contributed by atoms with E-state index in [0.717, 1.165) is 50.1 Å². The van der Waals surface area contributed by atoms with Gasteiger partial charge in [-0.1, -0.05) is 194 Å². The molecule has 0 saturated carbocycles. The second-order valence-corrected chi connectivity index (χ2v) is 16.9. The Bertz CT molecular complexity index is 3660. The molecule has 0 aliphatic rings. The highest BCUT2D eigenvalue weighted by atomic mass is 16.3. The lowest BCUT2D eigenvalue weighted by Gasteiger charge is -2.26. The minimum Gasteiger partial charge on any atom is -0.456 e. The highest BCUT2D eigenvalue weighted by Gasteiger charge is 2.16. The van der Waals surface area contributed by atoms with Crippen LogP contribution in [-0.2, 0) is 0 Å². The Hall–Kier alpha value is -8.72. The lowest BCUT2D eigenvalue weighted by molar-refractivity contribution is 0.669. The topological polar surface area (TPSA) is 16.4 Å². The summed E-state index contributed by atoms with van der Waals surface area (Å²) in [5.74, 6) is 0. The zero-order chi connectivity index (χ0) is 43.8. The van der Waals surface area contributed by atoms with Crippen molar-refractivity contribution < 1.29 is 4.42 Å². The van der Waals surface area contributed by atoms with Crippen LogP contribution in [0.25, 0.3) is 99.5 Å². The third-order valence-electron chi connectivity index (χ3n) is 12.9. The predicted octanol–water partition coefficient (Wildman–Crippen LogP) is 18.2. The SMILES string of the molecule is c1ccc(-c2cccc(-c3ccc(N(c4ccc(-c5ccc(-c6cccc(-c7ccc8ccccc8c7)c6)cc5)cc4)c4ccc(-c5cccc6oc7ccccc7c56)cc4)cc3)c2)cc1. The van der Waals surface area contributed by atoms with Crippen molar-refractivity contribution >= 4 is 49.8 Å². The van der Waals surface area contributed by atoms with Gasteiger partial charge in [0.05, 0.1) is 0 Å². The number of hydrogen-bond acceptors (Lipinski definition) is 2. The van der Waals surface area contributed by atoms with Crippen molar-refractivity contribution in [3.05, 3.63) is 261 Å². The van der Waals surface area contributed by atoms with Crippen LogP contribution in [0, 0.1) is 0 Å². The molecule has 0 atom stereocenters. The molecule has 0 bridgehead atoms. The standard InChI is InChI=1S/C64H43NO/c1-2-11-44(12-3-1)52-15-8-16-53(41-52)49-31-37-58(38-32-49)65(59-39-33-50(34-40-59)60-20-10-22-63-64(60)61-19-6-7-21-62(61)66-63)57-35-29-47(30-36-57)46-23-25-48(26-24-46)54-17-9-18-55(42-54)56-28-27-45-13-4-5-14-51(45)43-56/h1-43H. The molecule has 0 aliphatic heterocycles. The summed E-state index contributed by atoms with van der Waals surface area (Å²) in [5.41, 5.74) is 19.3. The lowest BCUT2D eigenvalue weighted by Crippen LogP contribution is -2.09. The molecule has 310 valence electrons. The molecule has 1 heterocycles. The molecule has 0 N–H and O–H groups in total. The molecule has 0 radical (unpaired) electrons. The number of fused-ring (bicyclic) bond motifs is 4. The van der Waals surface area contributed by atoms with Crippen molar-refractivity contribution in [2.75, 3.05) is 4.90 Å². The minimum atomic E-state index is 0.898. The first-order valence-electron chi connectivity index (χ1n) is 22.6. The van der Waals surface area contributed by atoms with E-state index in [4.69, 9.17) is 4.42 Å². The summed E-state index contributed by atoms with van der Waals surface area (Å²) in [7, 11) is 0. The zero-order valence-electron chi connectivity index (χ0n) is 36.2. The number of furan rings is 1. The third kappa shape index (κ3) is 7.41. The van der Waals surface area contributed by atoms with Crippen molar-refractivity contribution in [2.24, 2.45) is 0 Å². The van der Waals surface area contributed by atoms with E-state index in [9.17, 15) is 0 Å². The molecule has 2 nitrogen and oxygen atoms in total. The van der Waals surface area contributed by atoms with Crippen molar-refractivity contribution in [1.29, 1.82) is 0 Å². The normalized spacial score (nSPS) is 11.3. The quantitative estimate of drug-likeness (QED) is 0.144. The van der Waals surface area contributed by atoms with E-state index in [0.29, 0.717) is 0 Å². The summed E-state index contributed by atoms with van der Waals surface area (Å²) < 4.78 is 6.25. The highest BCUT2D eigenvalue weighted by molar-refractivity contribution is 6.12. The minimum absolute atomic E-state index is 0.898. The molecule has 0 unspecified atom stereocenters. The van der Waals surface area contributed by atoms with E-state index < -0.39 is 0 Å². The van der Waals surface area contributed by atoms with Crippen molar-refractivity contribution in [3.8, 4) is 66.8 Å². The second kappa shape index (κ2) is 16.8. The predicted molar refractivity (Wildman–Crippen MR) is 279 cm³/mol. The van der Waals surface area contributed by atoms with Gasteiger partial charge in [-0.15, -0.1) is 0 Å². The van der Waals surface area contributed by atoms with Gasteiger partial charge in [0.1, 0.15) is 11.2 Å². The first-order chi connectivity index (χ1) is 32.7. The van der Waals surface area contributed by atoms with Crippen molar-refractivity contribution in [1.82, 2.24) is 0 Å². The highest BCUT2D eigenvalue weighted by Crippen LogP contribution is 2.41. The fraction of sp³-hybridized carbons (Fsp3) is 0. The maximum Gasteiger partial charge on any atom is 0.136 e. The maximum atomic E-state index is 6.25. The molecule has 12 rings (SSSR count). The molecule has 1 aromatic heterocycles. The van der Waals surface area contributed by atoms with E-state index in [1.54, 1.807) is 0 Å². The Morgan fingerprint density at radius 3 is 1.24 bits per heavy atom. The molecule has 0 saturated heterocycles. The van der Waals surface area contributed by atoms with Crippen LogP contribution in [0.4, 0.5) is 17.1 Å². The van der Waals surface area contributed by atoms with Gasteiger partial charge in [-0.05, 0) is 144 Å². The van der Waals surface area contributed by atoms with Gasteiger partial charge in [0.15, 0.2) is 0 Å². The maximum absolute atomic E-state index is 6.25. The first kappa shape index (κ1) is 38.9. The van der Waals surface area contributed by atoms with Crippen LogP contribution in [0.3, 0.4) is 0 Å².